The van der Waals surface area contributed by atoms with Gasteiger partial charge in [-0.15, -0.1) is 0 Å². The molecule has 17 heavy (non-hydrogen) atoms. The number of benzene rings is 1. The lowest BCUT2D eigenvalue weighted by atomic mass is 10.1. The lowest BCUT2D eigenvalue weighted by molar-refractivity contribution is -0.384. The maximum atomic E-state index is 10.5. The van der Waals surface area contributed by atoms with Crippen molar-refractivity contribution in [1.29, 1.82) is 0 Å². The second-order valence-corrected chi connectivity index (χ2v) is 5.26. The number of nitro groups is 1. The highest BCUT2D eigenvalue weighted by molar-refractivity contribution is 5.34. The third-order valence-electron chi connectivity index (χ3n) is 3.54. The Morgan fingerprint density at radius 1 is 1.41 bits per heavy atom. The van der Waals surface area contributed by atoms with Crippen molar-refractivity contribution >= 4 is 5.69 Å². The van der Waals surface area contributed by atoms with E-state index in [1.54, 1.807) is 12.1 Å². The van der Waals surface area contributed by atoms with Crippen LogP contribution in [0.1, 0.15) is 38.3 Å². The van der Waals surface area contributed by atoms with Gasteiger partial charge in [0, 0.05) is 24.7 Å². The fourth-order valence-electron chi connectivity index (χ4n) is 1.79. The Hall–Kier alpha value is -1.42. The third kappa shape index (κ3) is 3.03. The van der Waals surface area contributed by atoms with Crippen molar-refractivity contribution in [3.8, 4) is 0 Å². The van der Waals surface area contributed by atoms with E-state index in [0.717, 1.165) is 12.1 Å². The number of nitrogens with zero attached hydrogens (tertiary/aromatic N) is 1. The topological polar surface area (TPSA) is 55.2 Å². The average molecular weight is 234 g/mol. The zero-order valence-corrected chi connectivity index (χ0v) is 10.3. The van der Waals surface area contributed by atoms with Gasteiger partial charge in [-0.1, -0.05) is 19.1 Å². The standard InChI is InChI=1S/C13H18N2O2/c1-10(14-9-13(2)7-8-13)11-3-5-12(6-4-11)15(16)17/h3-6,10,14H,7-9H2,1-2H3. The van der Waals surface area contributed by atoms with E-state index in [4.69, 9.17) is 0 Å². The van der Waals surface area contributed by atoms with Crippen LogP contribution >= 0.6 is 0 Å². The SMILES string of the molecule is CC(NCC1(C)CC1)c1ccc([N+](=O)[O-])cc1. The molecular weight excluding hydrogens is 216 g/mol. The van der Waals surface area contributed by atoms with Gasteiger partial charge in [-0.25, -0.2) is 0 Å². The van der Waals surface area contributed by atoms with Crippen LogP contribution in [0.4, 0.5) is 5.69 Å². The zero-order chi connectivity index (χ0) is 12.5. The second-order valence-electron chi connectivity index (χ2n) is 5.26. The molecule has 4 nitrogen and oxygen atoms in total. The number of nitro benzene ring substituents is 1. The van der Waals surface area contributed by atoms with Crippen molar-refractivity contribution in [2.24, 2.45) is 5.41 Å². The van der Waals surface area contributed by atoms with Crippen LogP contribution in [0.5, 0.6) is 0 Å². The first kappa shape index (κ1) is 12.0. The Balaban J connectivity index is 1.94. The Bertz CT molecular complexity index is 410. The quantitative estimate of drug-likeness (QED) is 0.629. The number of nitrogens with one attached hydrogen (secondary N) is 1. The summed E-state index contributed by atoms with van der Waals surface area (Å²) in [5.74, 6) is 0. The molecule has 0 saturated heterocycles. The molecule has 0 amide bonds. The molecule has 1 fully saturated rings. The van der Waals surface area contributed by atoms with Crippen molar-refractivity contribution in [2.75, 3.05) is 6.54 Å². The highest BCUT2D eigenvalue weighted by Gasteiger charge is 2.36. The average Bonchev–Trinajstić information content (AvgIpc) is 3.05. The van der Waals surface area contributed by atoms with Crippen molar-refractivity contribution in [2.45, 2.75) is 32.7 Å². The number of hydrogen-bond donors (Lipinski definition) is 1. The molecule has 0 aromatic heterocycles. The van der Waals surface area contributed by atoms with E-state index in [0.29, 0.717) is 5.41 Å². The maximum absolute atomic E-state index is 10.5. The molecule has 0 aliphatic heterocycles. The predicted molar refractivity (Wildman–Crippen MR) is 66.9 cm³/mol. The van der Waals surface area contributed by atoms with Crippen LogP contribution in [0.2, 0.25) is 0 Å². The smallest absolute Gasteiger partial charge is 0.269 e. The van der Waals surface area contributed by atoms with E-state index < -0.39 is 0 Å². The van der Waals surface area contributed by atoms with E-state index in [2.05, 4.69) is 19.2 Å². The van der Waals surface area contributed by atoms with Gasteiger partial charge in [0.15, 0.2) is 0 Å². The van der Waals surface area contributed by atoms with Gasteiger partial charge < -0.3 is 5.32 Å². The van der Waals surface area contributed by atoms with E-state index in [-0.39, 0.29) is 16.7 Å². The van der Waals surface area contributed by atoms with E-state index in [9.17, 15) is 10.1 Å². The van der Waals surface area contributed by atoms with Crippen LogP contribution in [0, 0.1) is 15.5 Å². The Morgan fingerprint density at radius 3 is 2.47 bits per heavy atom. The van der Waals surface area contributed by atoms with Gasteiger partial charge in [0.25, 0.3) is 5.69 Å². The van der Waals surface area contributed by atoms with Crippen molar-refractivity contribution in [1.82, 2.24) is 5.32 Å². The summed E-state index contributed by atoms with van der Waals surface area (Å²) in [6, 6.07) is 7.02. The molecule has 92 valence electrons. The number of hydrogen-bond acceptors (Lipinski definition) is 3. The van der Waals surface area contributed by atoms with E-state index in [1.165, 1.54) is 12.8 Å². The number of rotatable bonds is 5. The summed E-state index contributed by atoms with van der Waals surface area (Å²) in [5, 5.41) is 14.0. The van der Waals surface area contributed by atoms with Gasteiger partial charge in [0.2, 0.25) is 0 Å². The molecule has 0 radical (unpaired) electrons. The molecule has 4 heteroatoms. The highest BCUT2D eigenvalue weighted by atomic mass is 16.6. The molecule has 1 aromatic carbocycles. The highest BCUT2D eigenvalue weighted by Crippen LogP contribution is 2.44. The lowest BCUT2D eigenvalue weighted by Crippen LogP contribution is -2.25. The zero-order valence-electron chi connectivity index (χ0n) is 10.3. The van der Waals surface area contributed by atoms with Crippen LogP contribution in [-0.2, 0) is 0 Å². The first-order valence-electron chi connectivity index (χ1n) is 5.98. The van der Waals surface area contributed by atoms with Crippen LogP contribution in [-0.4, -0.2) is 11.5 Å². The largest absolute Gasteiger partial charge is 0.310 e. The molecule has 0 spiro atoms. The van der Waals surface area contributed by atoms with Crippen LogP contribution in [0.3, 0.4) is 0 Å². The Kier molecular flexibility index (Phi) is 3.15. The molecule has 1 aliphatic rings. The Morgan fingerprint density at radius 2 is 2.00 bits per heavy atom. The summed E-state index contributed by atoms with van der Waals surface area (Å²) < 4.78 is 0. The minimum absolute atomic E-state index is 0.148. The molecule has 1 N–H and O–H groups in total. The summed E-state index contributed by atoms with van der Waals surface area (Å²) in [7, 11) is 0. The summed E-state index contributed by atoms with van der Waals surface area (Å²) >= 11 is 0. The van der Waals surface area contributed by atoms with Gasteiger partial charge in [0.1, 0.15) is 0 Å². The van der Waals surface area contributed by atoms with E-state index in [1.807, 2.05) is 12.1 Å². The van der Waals surface area contributed by atoms with Crippen molar-refractivity contribution in [3.63, 3.8) is 0 Å². The van der Waals surface area contributed by atoms with E-state index >= 15 is 0 Å². The van der Waals surface area contributed by atoms with Crippen molar-refractivity contribution in [3.05, 3.63) is 39.9 Å². The van der Waals surface area contributed by atoms with Gasteiger partial charge >= 0.3 is 0 Å². The number of non-ortho nitro benzene ring substituents is 1. The van der Waals surface area contributed by atoms with Gasteiger partial charge in [0.05, 0.1) is 4.92 Å². The van der Waals surface area contributed by atoms with Crippen LogP contribution in [0.25, 0.3) is 0 Å². The summed E-state index contributed by atoms with van der Waals surface area (Å²) in [6.45, 7) is 5.39. The predicted octanol–water partition coefficient (Wildman–Crippen LogP) is 3.05. The summed E-state index contributed by atoms with van der Waals surface area (Å²) in [5.41, 5.74) is 1.73. The monoisotopic (exact) mass is 234 g/mol. The van der Waals surface area contributed by atoms with Gasteiger partial charge in [-0.05, 0) is 30.7 Å². The Labute approximate surface area is 101 Å². The second kappa shape index (κ2) is 4.45. The molecule has 0 heterocycles. The molecule has 1 saturated carbocycles. The molecular formula is C13H18N2O2. The molecule has 1 atom stereocenters. The van der Waals surface area contributed by atoms with Gasteiger partial charge in [-0.3, -0.25) is 10.1 Å². The third-order valence-corrected chi connectivity index (χ3v) is 3.54. The molecule has 1 aromatic rings. The first-order valence-corrected chi connectivity index (χ1v) is 5.98. The van der Waals surface area contributed by atoms with Crippen LogP contribution < -0.4 is 5.32 Å². The van der Waals surface area contributed by atoms with Crippen molar-refractivity contribution < 1.29 is 4.92 Å². The molecule has 1 aliphatic carbocycles. The normalized spacial score (nSPS) is 18.7. The van der Waals surface area contributed by atoms with Crippen LogP contribution in [0.15, 0.2) is 24.3 Å². The first-order chi connectivity index (χ1) is 8.00. The fraction of sp³-hybridized carbons (Fsp3) is 0.538. The lowest BCUT2D eigenvalue weighted by Gasteiger charge is -2.17. The minimum atomic E-state index is -0.368. The minimum Gasteiger partial charge on any atom is -0.310 e. The molecule has 2 rings (SSSR count). The summed E-state index contributed by atoms with van der Waals surface area (Å²) in [6.07, 6.45) is 2.60. The summed E-state index contributed by atoms with van der Waals surface area (Å²) in [4.78, 5) is 10.2. The fourth-order valence-corrected chi connectivity index (χ4v) is 1.79. The van der Waals surface area contributed by atoms with Gasteiger partial charge in [-0.2, -0.15) is 0 Å². The molecule has 1 unspecified atom stereocenters. The molecule has 0 bridgehead atoms. The maximum Gasteiger partial charge on any atom is 0.269 e.